The lowest BCUT2D eigenvalue weighted by atomic mass is 10.1. The van der Waals surface area contributed by atoms with Gasteiger partial charge in [0.25, 0.3) is 0 Å². The molecule has 0 bridgehead atoms. The Morgan fingerprint density at radius 1 is 0.929 bits per heavy atom. The van der Waals surface area contributed by atoms with E-state index in [0.29, 0.717) is 12.0 Å². The van der Waals surface area contributed by atoms with Crippen molar-refractivity contribution in [3.8, 4) is 0 Å². The smallest absolute Gasteiger partial charge is 0.112 e. The minimum Gasteiger partial charge on any atom is -0.432 e. The van der Waals surface area contributed by atoms with Gasteiger partial charge in [-0.25, -0.2) is 16.8 Å². The molecule has 158 valence electrons. The van der Waals surface area contributed by atoms with Crippen LogP contribution < -0.4 is 0 Å². The average Bonchev–Trinajstić information content (AvgIpc) is 2.61. The summed E-state index contributed by atoms with van der Waals surface area (Å²) in [6.45, 7) is 2.11. The van der Waals surface area contributed by atoms with E-state index >= 15 is 0 Å². The third kappa shape index (κ3) is 9.52. The zero-order valence-electron chi connectivity index (χ0n) is 16.9. The summed E-state index contributed by atoms with van der Waals surface area (Å²) >= 11 is 0. The van der Waals surface area contributed by atoms with Gasteiger partial charge in [0.05, 0.1) is 14.9 Å². The number of sulfonamides is 2. The highest BCUT2D eigenvalue weighted by atomic mass is 32.3. The van der Waals surface area contributed by atoms with Crippen molar-refractivity contribution in [1.82, 2.24) is 4.90 Å². The van der Waals surface area contributed by atoms with Gasteiger partial charge in [0.15, 0.2) is 0 Å². The molecule has 0 heterocycles. The minimum absolute atomic E-state index is 0.115. The van der Waals surface area contributed by atoms with Crippen molar-refractivity contribution in [2.75, 3.05) is 19.8 Å². The van der Waals surface area contributed by atoms with Crippen molar-refractivity contribution >= 4 is 26.1 Å². The van der Waals surface area contributed by atoms with Gasteiger partial charge in [-0.15, -0.1) is 0 Å². The lowest BCUT2D eigenvalue weighted by Crippen LogP contribution is -2.12. The van der Waals surface area contributed by atoms with Crippen molar-refractivity contribution in [3.05, 3.63) is 52.3 Å². The van der Waals surface area contributed by atoms with Crippen LogP contribution in [0.25, 0.3) is 10.2 Å². The van der Waals surface area contributed by atoms with Gasteiger partial charge in [-0.3, -0.25) is 0 Å². The van der Waals surface area contributed by atoms with Gasteiger partial charge in [-0.05, 0) is 30.3 Å². The molecule has 1 aromatic rings. The summed E-state index contributed by atoms with van der Waals surface area (Å²) in [7, 11) is -4.60. The second-order valence-electron chi connectivity index (χ2n) is 6.81. The number of hydrogen-bond donors (Lipinski definition) is 0. The number of hydrogen-bond acceptors (Lipinski definition) is 5. The van der Waals surface area contributed by atoms with E-state index in [2.05, 4.69) is 11.1 Å². The van der Waals surface area contributed by atoms with Crippen LogP contribution in [-0.4, -0.2) is 41.6 Å². The highest BCUT2D eigenvalue weighted by Gasteiger charge is 2.13. The van der Waals surface area contributed by atoms with Crippen LogP contribution >= 0.6 is 0 Å². The molecular weight excluding hydrogens is 396 g/mol. The number of benzene rings is 1. The summed E-state index contributed by atoms with van der Waals surface area (Å²) in [5.74, 6) is -0.248. The highest BCUT2D eigenvalue weighted by molar-refractivity contribution is 8.12. The van der Waals surface area contributed by atoms with E-state index in [1.165, 1.54) is 6.07 Å². The summed E-state index contributed by atoms with van der Waals surface area (Å²) in [6, 6.07) is 6.23. The van der Waals surface area contributed by atoms with Gasteiger partial charge >= 0.3 is 0 Å². The fraction of sp³-hybridized carbons (Fsp3) is 0.500. The van der Waals surface area contributed by atoms with Crippen molar-refractivity contribution in [2.24, 2.45) is 0 Å². The lowest BCUT2D eigenvalue weighted by molar-refractivity contribution is 0.564. The Bertz CT molecular complexity index is 858. The highest BCUT2D eigenvalue weighted by Crippen LogP contribution is 2.25. The van der Waals surface area contributed by atoms with Gasteiger partial charge in [-0.1, -0.05) is 69.4 Å². The fourth-order valence-electron chi connectivity index (χ4n) is 2.53. The maximum Gasteiger partial charge on any atom is 0.112 e. The molecule has 0 aliphatic heterocycles. The first-order chi connectivity index (χ1) is 13.2. The SMILES string of the molecule is CCCCCCCCS(=O)(=O)[N-]S(=O)(=O)c1ccccc1/C=C\C=C\N(C)C. The first-order valence-corrected chi connectivity index (χ1v) is 12.5. The molecule has 0 amide bonds. The summed E-state index contributed by atoms with van der Waals surface area (Å²) < 4.78 is 52.8. The molecule has 0 aliphatic rings. The molecule has 1 rings (SSSR count). The molecule has 0 radical (unpaired) electrons. The predicted octanol–water partition coefficient (Wildman–Crippen LogP) is 4.53. The first-order valence-electron chi connectivity index (χ1n) is 9.50. The number of unbranched alkanes of at least 4 members (excludes halogenated alkanes) is 5. The molecule has 8 heteroatoms. The molecule has 0 saturated heterocycles. The number of allylic oxidation sites excluding steroid dienone is 2. The van der Waals surface area contributed by atoms with Crippen molar-refractivity contribution in [1.29, 1.82) is 0 Å². The van der Waals surface area contributed by atoms with Crippen molar-refractivity contribution in [3.63, 3.8) is 0 Å². The molecule has 0 aromatic heterocycles. The Balaban J connectivity index is 2.81. The first kappa shape index (κ1) is 24.4. The molecule has 0 aliphatic carbocycles. The quantitative estimate of drug-likeness (QED) is 0.341. The van der Waals surface area contributed by atoms with Crippen LogP contribution in [-0.2, 0) is 20.0 Å². The van der Waals surface area contributed by atoms with Crippen molar-refractivity contribution < 1.29 is 16.8 Å². The van der Waals surface area contributed by atoms with Crippen LogP contribution in [0.2, 0.25) is 0 Å². The van der Waals surface area contributed by atoms with Gasteiger partial charge in [0.2, 0.25) is 0 Å². The monoisotopic (exact) mass is 427 g/mol. The van der Waals surface area contributed by atoms with E-state index in [4.69, 9.17) is 0 Å². The van der Waals surface area contributed by atoms with E-state index in [0.717, 1.165) is 32.1 Å². The number of rotatable bonds is 13. The summed E-state index contributed by atoms with van der Waals surface area (Å²) in [6.07, 6.45) is 12.3. The van der Waals surface area contributed by atoms with Gasteiger partial charge in [0, 0.05) is 19.8 Å². The Morgan fingerprint density at radius 2 is 1.57 bits per heavy atom. The normalized spacial score (nSPS) is 12.8. The zero-order chi connectivity index (χ0) is 21.0. The minimum atomic E-state index is -4.30. The molecule has 0 unspecified atom stereocenters. The third-order valence-electron chi connectivity index (χ3n) is 3.94. The molecule has 28 heavy (non-hydrogen) atoms. The van der Waals surface area contributed by atoms with E-state index in [1.807, 2.05) is 25.2 Å². The molecule has 0 saturated carbocycles. The van der Waals surface area contributed by atoms with Crippen LogP contribution in [0, 0.1) is 0 Å². The zero-order valence-corrected chi connectivity index (χ0v) is 18.5. The van der Waals surface area contributed by atoms with E-state index in [9.17, 15) is 16.8 Å². The van der Waals surface area contributed by atoms with Gasteiger partial charge in [0.1, 0.15) is 10.0 Å². The average molecular weight is 428 g/mol. The van der Waals surface area contributed by atoms with Gasteiger partial charge in [-0.2, -0.15) is 0 Å². The van der Waals surface area contributed by atoms with Crippen LogP contribution in [0.3, 0.4) is 0 Å². The third-order valence-corrected chi connectivity index (χ3v) is 7.36. The molecular formula is C20H31N2O4S2-. The van der Waals surface area contributed by atoms with Crippen LogP contribution in [0.4, 0.5) is 0 Å². The predicted molar refractivity (Wildman–Crippen MR) is 116 cm³/mol. The Morgan fingerprint density at radius 3 is 2.25 bits per heavy atom. The molecule has 1 aromatic carbocycles. The molecule has 0 atom stereocenters. The van der Waals surface area contributed by atoms with Crippen molar-refractivity contribution in [2.45, 2.75) is 50.3 Å². The van der Waals surface area contributed by atoms with E-state index in [1.54, 1.807) is 36.4 Å². The Hall–Kier alpha value is -1.64. The maximum absolute atomic E-state index is 12.6. The molecule has 6 nitrogen and oxygen atoms in total. The molecule has 0 N–H and O–H groups in total. The summed E-state index contributed by atoms with van der Waals surface area (Å²) in [5, 5.41) is 0. The van der Waals surface area contributed by atoms with Gasteiger partial charge < -0.3 is 9.03 Å². The largest absolute Gasteiger partial charge is 0.432 e. The van der Waals surface area contributed by atoms with E-state index in [-0.39, 0.29) is 10.6 Å². The van der Waals surface area contributed by atoms with Crippen LogP contribution in [0.5, 0.6) is 0 Å². The lowest BCUT2D eigenvalue weighted by Gasteiger charge is -2.21. The maximum atomic E-state index is 12.6. The Kier molecular flexibility index (Phi) is 10.5. The standard InChI is InChI=1S/C20H31N2O4S2/c1-4-5-6-7-8-13-18-27(23,24)21-28(25,26)20-16-10-9-14-19(20)15-11-12-17-22(2)3/h9-12,14-17H,4-8,13,18H2,1-3H3/q-1/b15-11-,17-12+. The molecule has 0 spiro atoms. The fourth-order valence-corrected chi connectivity index (χ4v) is 5.59. The van der Waals surface area contributed by atoms with E-state index < -0.39 is 20.0 Å². The summed E-state index contributed by atoms with van der Waals surface area (Å²) in [4.78, 5) is 1.73. The second kappa shape index (κ2) is 12.0. The topological polar surface area (TPSA) is 85.6 Å². The van der Waals surface area contributed by atoms with Crippen LogP contribution in [0.1, 0.15) is 51.0 Å². The number of nitrogens with zero attached hydrogens (tertiary/aromatic N) is 2. The molecule has 0 fully saturated rings. The summed E-state index contributed by atoms with van der Waals surface area (Å²) in [5.41, 5.74) is 0.393. The Labute approximate surface area is 170 Å². The van der Waals surface area contributed by atoms with Crippen LogP contribution in [0.15, 0.2) is 47.5 Å². The second-order valence-corrected chi connectivity index (χ2v) is 10.4.